The average molecular weight is 369 g/mol. The summed E-state index contributed by atoms with van der Waals surface area (Å²) in [6.45, 7) is 8.41. The van der Waals surface area contributed by atoms with Crippen LogP contribution in [-0.2, 0) is 26.3 Å². The highest BCUT2D eigenvalue weighted by Crippen LogP contribution is 2.23. The van der Waals surface area contributed by atoms with Gasteiger partial charge < -0.3 is 14.8 Å². The summed E-state index contributed by atoms with van der Waals surface area (Å²) in [5, 5.41) is 2.77. The SMILES string of the molecule is COCc1ccc(C(=O)OC(C)C(=O)Nc2ccc(C(C)(C)C)cc2)cc1. The van der Waals surface area contributed by atoms with E-state index in [1.807, 2.05) is 24.3 Å². The number of anilines is 1. The highest BCUT2D eigenvalue weighted by Gasteiger charge is 2.19. The summed E-state index contributed by atoms with van der Waals surface area (Å²) in [5.74, 6) is -0.910. The number of ether oxygens (including phenoxy) is 2. The maximum Gasteiger partial charge on any atom is 0.338 e. The number of rotatable bonds is 6. The smallest absolute Gasteiger partial charge is 0.338 e. The van der Waals surface area contributed by atoms with Crippen LogP contribution in [0.2, 0.25) is 0 Å². The predicted molar refractivity (Wildman–Crippen MR) is 106 cm³/mol. The third kappa shape index (κ3) is 5.93. The Labute approximate surface area is 160 Å². The van der Waals surface area contributed by atoms with Crippen LogP contribution in [0.3, 0.4) is 0 Å². The van der Waals surface area contributed by atoms with Gasteiger partial charge in [-0.3, -0.25) is 4.79 Å². The van der Waals surface area contributed by atoms with E-state index in [-0.39, 0.29) is 11.3 Å². The molecule has 1 N–H and O–H groups in total. The van der Waals surface area contributed by atoms with Gasteiger partial charge in [-0.1, -0.05) is 45.0 Å². The van der Waals surface area contributed by atoms with Crippen LogP contribution in [-0.4, -0.2) is 25.1 Å². The van der Waals surface area contributed by atoms with Crippen molar-refractivity contribution in [2.24, 2.45) is 0 Å². The van der Waals surface area contributed by atoms with Gasteiger partial charge in [0.15, 0.2) is 6.10 Å². The molecule has 1 amide bonds. The van der Waals surface area contributed by atoms with E-state index in [1.165, 1.54) is 5.56 Å². The van der Waals surface area contributed by atoms with Gasteiger partial charge >= 0.3 is 5.97 Å². The largest absolute Gasteiger partial charge is 0.449 e. The van der Waals surface area contributed by atoms with Gasteiger partial charge in [-0.05, 0) is 47.7 Å². The van der Waals surface area contributed by atoms with Crippen molar-refractivity contribution in [1.29, 1.82) is 0 Å². The fourth-order valence-electron chi connectivity index (χ4n) is 2.48. The van der Waals surface area contributed by atoms with Crippen LogP contribution in [0.4, 0.5) is 5.69 Å². The molecule has 1 unspecified atom stereocenters. The zero-order valence-electron chi connectivity index (χ0n) is 16.5. The summed E-state index contributed by atoms with van der Waals surface area (Å²) in [6, 6.07) is 14.6. The van der Waals surface area contributed by atoms with Crippen molar-refractivity contribution in [2.45, 2.75) is 45.8 Å². The summed E-state index contributed by atoms with van der Waals surface area (Å²) >= 11 is 0. The first-order chi connectivity index (χ1) is 12.7. The minimum absolute atomic E-state index is 0.0458. The summed E-state index contributed by atoms with van der Waals surface area (Å²) in [7, 11) is 1.61. The van der Waals surface area contributed by atoms with E-state index in [1.54, 1.807) is 38.3 Å². The van der Waals surface area contributed by atoms with Crippen molar-refractivity contribution in [2.75, 3.05) is 12.4 Å². The molecule has 0 bridgehead atoms. The summed E-state index contributed by atoms with van der Waals surface area (Å²) in [5.41, 5.74) is 3.24. The molecule has 0 aliphatic rings. The zero-order chi connectivity index (χ0) is 20.0. The monoisotopic (exact) mass is 369 g/mol. The summed E-state index contributed by atoms with van der Waals surface area (Å²) in [6.07, 6.45) is -0.904. The van der Waals surface area contributed by atoms with Crippen LogP contribution < -0.4 is 5.32 Å². The van der Waals surface area contributed by atoms with Crippen molar-refractivity contribution in [1.82, 2.24) is 0 Å². The predicted octanol–water partition coefficient (Wildman–Crippen LogP) is 4.31. The highest BCUT2D eigenvalue weighted by molar-refractivity contribution is 5.97. The van der Waals surface area contributed by atoms with Crippen molar-refractivity contribution in [3.63, 3.8) is 0 Å². The Balaban J connectivity index is 1.93. The van der Waals surface area contributed by atoms with Gasteiger partial charge in [0.05, 0.1) is 12.2 Å². The van der Waals surface area contributed by atoms with Gasteiger partial charge in [0.1, 0.15) is 0 Å². The number of amides is 1. The topological polar surface area (TPSA) is 64.6 Å². The Hall–Kier alpha value is -2.66. The second-order valence-electron chi connectivity index (χ2n) is 7.49. The Kier molecular flexibility index (Phi) is 6.75. The molecule has 1 atom stereocenters. The normalized spacial score (nSPS) is 12.3. The second kappa shape index (κ2) is 8.82. The lowest BCUT2D eigenvalue weighted by Crippen LogP contribution is -2.30. The van der Waals surface area contributed by atoms with Crippen LogP contribution >= 0.6 is 0 Å². The number of nitrogens with one attached hydrogen (secondary N) is 1. The molecule has 2 aromatic carbocycles. The number of carbonyl (C=O) groups is 2. The molecule has 0 saturated heterocycles. The molecule has 0 fully saturated rings. The van der Waals surface area contributed by atoms with Gasteiger partial charge in [0, 0.05) is 12.8 Å². The molecule has 0 radical (unpaired) electrons. The molecule has 2 rings (SSSR count). The molecule has 0 spiro atoms. The number of methoxy groups -OCH3 is 1. The van der Waals surface area contributed by atoms with Gasteiger partial charge in [0.25, 0.3) is 5.91 Å². The van der Waals surface area contributed by atoms with Crippen molar-refractivity contribution in [3.8, 4) is 0 Å². The minimum atomic E-state index is -0.904. The Morgan fingerprint density at radius 3 is 2.11 bits per heavy atom. The molecular formula is C22H27NO4. The number of hydrogen-bond donors (Lipinski definition) is 1. The molecule has 5 heteroatoms. The molecule has 2 aromatic rings. The lowest BCUT2D eigenvalue weighted by molar-refractivity contribution is -0.123. The van der Waals surface area contributed by atoms with E-state index in [4.69, 9.17) is 9.47 Å². The van der Waals surface area contributed by atoms with Crippen molar-refractivity contribution >= 4 is 17.6 Å². The number of benzene rings is 2. The first kappa shape index (κ1) is 20.6. The molecule has 27 heavy (non-hydrogen) atoms. The number of esters is 1. The van der Waals surface area contributed by atoms with Crippen molar-refractivity contribution < 1.29 is 19.1 Å². The second-order valence-corrected chi connectivity index (χ2v) is 7.49. The molecule has 5 nitrogen and oxygen atoms in total. The standard InChI is InChI=1S/C22H27NO4/c1-15(27-21(25)17-8-6-16(7-9-17)14-26-5)20(24)23-19-12-10-18(11-13-19)22(2,3)4/h6-13,15H,14H2,1-5H3,(H,23,24). The number of carbonyl (C=O) groups excluding carboxylic acids is 2. The maximum absolute atomic E-state index is 12.3. The maximum atomic E-state index is 12.3. The van der Waals surface area contributed by atoms with E-state index in [9.17, 15) is 9.59 Å². The van der Waals surface area contributed by atoms with Crippen LogP contribution in [0.5, 0.6) is 0 Å². The van der Waals surface area contributed by atoms with Gasteiger partial charge in [0.2, 0.25) is 0 Å². The van der Waals surface area contributed by atoms with Gasteiger partial charge in [-0.2, -0.15) is 0 Å². The zero-order valence-corrected chi connectivity index (χ0v) is 16.5. The van der Waals surface area contributed by atoms with Crippen LogP contribution in [0, 0.1) is 0 Å². The van der Waals surface area contributed by atoms with Crippen LogP contribution in [0.15, 0.2) is 48.5 Å². The third-order valence-electron chi connectivity index (χ3n) is 4.17. The van der Waals surface area contributed by atoms with E-state index in [2.05, 4.69) is 26.1 Å². The Bertz CT molecular complexity index is 773. The van der Waals surface area contributed by atoms with Crippen molar-refractivity contribution in [3.05, 3.63) is 65.2 Å². The third-order valence-corrected chi connectivity index (χ3v) is 4.17. The van der Waals surface area contributed by atoms with Crippen LogP contribution in [0.25, 0.3) is 0 Å². The summed E-state index contributed by atoms with van der Waals surface area (Å²) in [4.78, 5) is 24.5. The molecule has 0 aromatic heterocycles. The average Bonchev–Trinajstić information content (AvgIpc) is 2.62. The summed E-state index contributed by atoms with van der Waals surface area (Å²) < 4.78 is 10.3. The van der Waals surface area contributed by atoms with E-state index in [0.717, 1.165) is 5.56 Å². The molecule has 144 valence electrons. The molecular weight excluding hydrogens is 342 g/mol. The number of hydrogen-bond acceptors (Lipinski definition) is 4. The fourth-order valence-corrected chi connectivity index (χ4v) is 2.48. The molecule has 0 aliphatic carbocycles. The van der Waals surface area contributed by atoms with Gasteiger partial charge in [-0.25, -0.2) is 4.79 Å². The first-order valence-corrected chi connectivity index (χ1v) is 8.91. The van der Waals surface area contributed by atoms with E-state index >= 15 is 0 Å². The Morgan fingerprint density at radius 1 is 1.00 bits per heavy atom. The van der Waals surface area contributed by atoms with Gasteiger partial charge in [-0.15, -0.1) is 0 Å². The molecule has 0 aliphatic heterocycles. The lowest BCUT2D eigenvalue weighted by atomic mass is 9.87. The Morgan fingerprint density at radius 2 is 1.59 bits per heavy atom. The first-order valence-electron chi connectivity index (χ1n) is 8.91. The quantitative estimate of drug-likeness (QED) is 0.771. The lowest BCUT2D eigenvalue weighted by Gasteiger charge is -2.19. The minimum Gasteiger partial charge on any atom is -0.449 e. The van der Waals surface area contributed by atoms with Crippen LogP contribution in [0.1, 0.15) is 49.2 Å². The molecule has 0 heterocycles. The van der Waals surface area contributed by atoms with E-state index < -0.39 is 12.1 Å². The highest BCUT2D eigenvalue weighted by atomic mass is 16.5. The fraction of sp³-hybridized carbons (Fsp3) is 0.364. The molecule has 0 saturated carbocycles. The van der Waals surface area contributed by atoms with E-state index in [0.29, 0.717) is 17.9 Å².